The topological polar surface area (TPSA) is 55.8 Å². The van der Waals surface area contributed by atoms with E-state index in [-0.39, 0.29) is 18.2 Å². The zero-order valence-corrected chi connectivity index (χ0v) is 18.4. The average molecular weight is 478 g/mol. The minimum Gasteiger partial charge on any atom is -0.492 e. The van der Waals surface area contributed by atoms with Crippen LogP contribution in [-0.4, -0.2) is 31.5 Å². The van der Waals surface area contributed by atoms with Crippen molar-refractivity contribution < 1.29 is 30.5 Å². The van der Waals surface area contributed by atoms with Crippen molar-refractivity contribution in [3.63, 3.8) is 0 Å². The first-order chi connectivity index (χ1) is 15.7. The minimum absolute atomic E-state index is 0.212. The monoisotopic (exact) mass is 477 g/mol. The molecule has 0 saturated heterocycles. The Hall–Kier alpha value is -3.04. The number of nitrogens with zero attached hydrogens (tertiary/aromatic N) is 1. The molecule has 1 heterocycles. The standard InChI is InChI=1S/C24H22F3NO4S/c25-24(26,27)33(29,30)32-23-13-7-12-22-21(23)14-20(17-31-22)28(15-18-8-3-1-4-9-18)16-19-10-5-2-6-11-19/h1-13,20H,14-17H2. The molecular formula is C24H22F3NO4S. The lowest BCUT2D eigenvalue weighted by Crippen LogP contribution is -2.42. The summed E-state index contributed by atoms with van der Waals surface area (Å²) in [5.74, 6) is -0.0469. The number of hydrogen-bond donors (Lipinski definition) is 0. The Bertz CT molecular complexity index is 1140. The van der Waals surface area contributed by atoms with E-state index in [2.05, 4.69) is 9.08 Å². The molecule has 33 heavy (non-hydrogen) atoms. The van der Waals surface area contributed by atoms with E-state index in [4.69, 9.17) is 4.74 Å². The Morgan fingerprint density at radius 2 is 1.45 bits per heavy atom. The molecule has 174 valence electrons. The van der Waals surface area contributed by atoms with Crippen LogP contribution in [0.2, 0.25) is 0 Å². The third-order valence-corrected chi connectivity index (χ3v) is 6.38. The third-order valence-electron chi connectivity index (χ3n) is 5.42. The van der Waals surface area contributed by atoms with Gasteiger partial charge in [0.2, 0.25) is 0 Å². The molecule has 1 aliphatic rings. The van der Waals surface area contributed by atoms with E-state index in [1.165, 1.54) is 12.1 Å². The van der Waals surface area contributed by atoms with Gasteiger partial charge in [-0.05, 0) is 29.7 Å². The molecule has 1 aliphatic heterocycles. The number of fused-ring (bicyclic) bond motifs is 1. The van der Waals surface area contributed by atoms with Gasteiger partial charge in [-0.2, -0.15) is 21.6 Å². The molecule has 3 aromatic rings. The highest BCUT2D eigenvalue weighted by molar-refractivity contribution is 7.88. The van der Waals surface area contributed by atoms with Crippen LogP contribution in [0.5, 0.6) is 11.5 Å². The second-order valence-electron chi connectivity index (χ2n) is 7.76. The van der Waals surface area contributed by atoms with E-state index in [0.29, 0.717) is 31.0 Å². The summed E-state index contributed by atoms with van der Waals surface area (Å²) in [6.45, 7) is 1.48. The highest BCUT2D eigenvalue weighted by atomic mass is 32.2. The molecule has 0 bridgehead atoms. The summed E-state index contributed by atoms with van der Waals surface area (Å²) >= 11 is 0. The first-order valence-corrected chi connectivity index (χ1v) is 11.7. The first kappa shape index (κ1) is 23.1. The Morgan fingerprint density at radius 3 is 2.00 bits per heavy atom. The zero-order chi connectivity index (χ0) is 23.5. The van der Waals surface area contributed by atoms with Gasteiger partial charge >= 0.3 is 15.6 Å². The highest BCUT2D eigenvalue weighted by Crippen LogP contribution is 2.37. The van der Waals surface area contributed by atoms with Crippen molar-refractivity contribution in [2.75, 3.05) is 6.61 Å². The number of alkyl halides is 3. The lowest BCUT2D eigenvalue weighted by molar-refractivity contribution is -0.0500. The van der Waals surface area contributed by atoms with Gasteiger partial charge in [0.05, 0.1) is 0 Å². The predicted molar refractivity (Wildman–Crippen MR) is 117 cm³/mol. The van der Waals surface area contributed by atoms with Crippen LogP contribution < -0.4 is 8.92 Å². The van der Waals surface area contributed by atoms with E-state index in [1.807, 2.05) is 60.7 Å². The van der Waals surface area contributed by atoms with Crippen LogP contribution in [-0.2, 0) is 29.6 Å². The van der Waals surface area contributed by atoms with E-state index in [9.17, 15) is 21.6 Å². The number of benzene rings is 3. The van der Waals surface area contributed by atoms with Crippen molar-refractivity contribution in [2.45, 2.75) is 31.1 Å². The van der Waals surface area contributed by atoms with Crippen LogP contribution in [0.3, 0.4) is 0 Å². The molecule has 0 aliphatic carbocycles. The molecule has 0 fully saturated rings. The second-order valence-corrected chi connectivity index (χ2v) is 9.30. The minimum atomic E-state index is -5.79. The molecule has 3 aromatic carbocycles. The normalized spacial score (nSPS) is 16.2. The fraction of sp³-hybridized carbons (Fsp3) is 0.250. The molecule has 0 spiro atoms. The van der Waals surface area contributed by atoms with Crippen LogP contribution >= 0.6 is 0 Å². The smallest absolute Gasteiger partial charge is 0.492 e. The van der Waals surface area contributed by atoms with Gasteiger partial charge in [0.15, 0.2) is 0 Å². The Kier molecular flexibility index (Phi) is 6.62. The quantitative estimate of drug-likeness (QED) is 0.357. The Balaban J connectivity index is 1.62. The molecule has 0 saturated carbocycles. The molecule has 0 radical (unpaired) electrons. The fourth-order valence-corrected chi connectivity index (χ4v) is 4.28. The maximum Gasteiger partial charge on any atom is 0.534 e. The van der Waals surface area contributed by atoms with E-state index in [0.717, 1.165) is 11.1 Å². The van der Waals surface area contributed by atoms with Crippen LogP contribution in [0, 0.1) is 0 Å². The maximum absolute atomic E-state index is 12.9. The van der Waals surface area contributed by atoms with Crippen molar-refractivity contribution >= 4 is 10.1 Å². The Labute approximate surface area is 190 Å². The molecule has 4 rings (SSSR count). The highest BCUT2D eigenvalue weighted by Gasteiger charge is 2.49. The van der Waals surface area contributed by atoms with E-state index >= 15 is 0 Å². The second kappa shape index (κ2) is 9.44. The summed E-state index contributed by atoms with van der Waals surface area (Å²) < 4.78 is 72.2. The van der Waals surface area contributed by atoms with Gasteiger partial charge in [0, 0.05) is 24.7 Å². The first-order valence-electron chi connectivity index (χ1n) is 10.3. The SMILES string of the molecule is O=S(=O)(Oc1cccc2c1CC(N(Cc1ccccc1)Cc1ccccc1)CO2)C(F)(F)F. The molecule has 0 N–H and O–H groups in total. The van der Waals surface area contributed by atoms with Crippen molar-refractivity contribution in [3.8, 4) is 11.5 Å². The summed E-state index contributed by atoms with van der Waals surface area (Å²) in [5.41, 5.74) is -3.07. The number of rotatable bonds is 7. The largest absolute Gasteiger partial charge is 0.534 e. The molecule has 0 aromatic heterocycles. The summed E-state index contributed by atoms with van der Waals surface area (Å²) in [4.78, 5) is 2.17. The van der Waals surface area contributed by atoms with Crippen LogP contribution in [0.25, 0.3) is 0 Å². The summed E-state index contributed by atoms with van der Waals surface area (Å²) in [5, 5.41) is 0. The van der Waals surface area contributed by atoms with Gasteiger partial charge in [-0.1, -0.05) is 66.7 Å². The zero-order valence-electron chi connectivity index (χ0n) is 17.5. The molecular weight excluding hydrogens is 455 g/mol. The molecule has 1 unspecified atom stereocenters. The van der Waals surface area contributed by atoms with Gasteiger partial charge < -0.3 is 8.92 Å². The molecule has 5 nitrogen and oxygen atoms in total. The number of hydrogen-bond acceptors (Lipinski definition) is 5. The summed E-state index contributed by atoms with van der Waals surface area (Å²) in [6.07, 6.45) is 0.276. The Morgan fingerprint density at radius 1 is 0.879 bits per heavy atom. The van der Waals surface area contributed by atoms with Crippen molar-refractivity contribution in [1.29, 1.82) is 0 Å². The van der Waals surface area contributed by atoms with Gasteiger partial charge in [-0.25, -0.2) is 0 Å². The van der Waals surface area contributed by atoms with Crippen molar-refractivity contribution in [1.82, 2.24) is 4.90 Å². The average Bonchev–Trinajstić information content (AvgIpc) is 2.79. The van der Waals surface area contributed by atoms with Crippen LogP contribution in [0.1, 0.15) is 16.7 Å². The fourth-order valence-electron chi connectivity index (χ4n) is 3.79. The molecule has 0 amide bonds. The summed E-state index contributed by atoms with van der Waals surface area (Å²) in [7, 11) is -5.79. The molecule has 1 atom stereocenters. The van der Waals surface area contributed by atoms with Gasteiger partial charge in [0.1, 0.15) is 18.1 Å². The van der Waals surface area contributed by atoms with Crippen LogP contribution in [0.15, 0.2) is 78.9 Å². The van der Waals surface area contributed by atoms with E-state index in [1.54, 1.807) is 6.07 Å². The third kappa shape index (κ3) is 5.48. The lowest BCUT2D eigenvalue weighted by Gasteiger charge is -2.35. The predicted octanol–water partition coefficient (Wildman–Crippen LogP) is 4.92. The van der Waals surface area contributed by atoms with Gasteiger partial charge in [-0.15, -0.1) is 0 Å². The van der Waals surface area contributed by atoms with Gasteiger partial charge in [0.25, 0.3) is 0 Å². The number of halogens is 3. The number of ether oxygens (including phenoxy) is 1. The summed E-state index contributed by atoms with van der Waals surface area (Å²) in [6, 6.07) is 23.6. The van der Waals surface area contributed by atoms with Crippen molar-refractivity contribution in [3.05, 3.63) is 95.6 Å². The molecule has 9 heteroatoms. The van der Waals surface area contributed by atoms with E-state index < -0.39 is 15.6 Å². The van der Waals surface area contributed by atoms with Crippen LogP contribution in [0.4, 0.5) is 13.2 Å². The maximum atomic E-state index is 12.9. The van der Waals surface area contributed by atoms with Gasteiger partial charge in [-0.3, -0.25) is 4.90 Å². The van der Waals surface area contributed by atoms with Crippen molar-refractivity contribution in [2.24, 2.45) is 0 Å². The lowest BCUT2D eigenvalue weighted by atomic mass is 9.99.